The van der Waals surface area contributed by atoms with Crippen LogP contribution in [0.25, 0.3) is 0 Å². The number of benzene rings is 1. The molecule has 0 spiro atoms. The average molecular weight is 459 g/mol. The van der Waals surface area contributed by atoms with Crippen LogP contribution in [0.15, 0.2) is 54.9 Å². The third-order valence-electron chi connectivity index (χ3n) is 4.53. The summed E-state index contributed by atoms with van der Waals surface area (Å²) in [4.78, 5) is 32.1. The Balaban J connectivity index is 1.86. The van der Waals surface area contributed by atoms with E-state index in [1.807, 2.05) is 0 Å². The predicted octanol–water partition coefficient (Wildman–Crippen LogP) is 3.79. The summed E-state index contributed by atoms with van der Waals surface area (Å²) < 4.78 is 45.7. The third-order valence-corrected chi connectivity index (χ3v) is 4.53. The highest BCUT2D eigenvalue weighted by Gasteiger charge is 2.35. The third kappa shape index (κ3) is 5.97. The molecule has 8 nitrogen and oxygen atoms in total. The molecular weight excluding hydrogens is 439 g/mol. The van der Waals surface area contributed by atoms with Crippen LogP contribution in [0.5, 0.6) is 5.75 Å². The SMILES string of the molecule is CNC(=O)c1cccnc1Nc1cc(NC(=O)Cc2ccc(OC)cc2)ncc1C(F)(F)F. The summed E-state index contributed by atoms with van der Waals surface area (Å²) in [6.07, 6.45) is -2.81. The number of hydrogen-bond acceptors (Lipinski definition) is 6. The van der Waals surface area contributed by atoms with Gasteiger partial charge in [0.2, 0.25) is 5.91 Å². The highest BCUT2D eigenvalue weighted by Crippen LogP contribution is 2.36. The molecule has 0 saturated carbocycles. The van der Waals surface area contributed by atoms with Crippen molar-refractivity contribution in [3.8, 4) is 5.75 Å². The monoisotopic (exact) mass is 459 g/mol. The van der Waals surface area contributed by atoms with Crippen molar-refractivity contribution in [1.29, 1.82) is 0 Å². The summed E-state index contributed by atoms with van der Waals surface area (Å²) in [6.45, 7) is 0. The molecule has 3 rings (SSSR count). The molecule has 0 bridgehead atoms. The Kier molecular flexibility index (Phi) is 7.11. The number of methoxy groups -OCH3 is 1. The number of halogens is 3. The number of amides is 2. The fraction of sp³-hybridized carbons (Fsp3) is 0.182. The topological polar surface area (TPSA) is 105 Å². The normalized spacial score (nSPS) is 10.9. The summed E-state index contributed by atoms with van der Waals surface area (Å²) in [7, 11) is 2.91. The van der Waals surface area contributed by atoms with E-state index in [-0.39, 0.29) is 23.6 Å². The van der Waals surface area contributed by atoms with Gasteiger partial charge in [0.25, 0.3) is 5.91 Å². The van der Waals surface area contributed by atoms with E-state index in [0.717, 1.165) is 6.07 Å². The molecule has 0 aliphatic carbocycles. The Morgan fingerprint density at radius 2 is 1.82 bits per heavy atom. The fourth-order valence-corrected chi connectivity index (χ4v) is 2.92. The molecular formula is C22H20F3N5O3. The second-order valence-electron chi connectivity index (χ2n) is 6.79. The predicted molar refractivity (Wildman–Crippen MR) is 115 cm³/mol. The van der Waals surface area contributed by atoms with Crippen LogP contribution < -0.4 is 20.7 Å². The van der Waals surface area contributed by atoms with Crippen molar-refractivity contribution in [1.82, 2.24) is 15.3 Å². The number of nitrogens with one attached hydrogen (secondary N) is 3. The summed E-state index contributed by atoms with van der Waals surface area (Å²) in [6, 6.07) is 10.7. The Morgan fingerprint density at radius 1 is 1.09 bits per heavy atom. The van der Waals surface area contributed by atoms with Gasteiger partial charge in [-0.25, -0.2) is 9.97 Å². The second-order valence-corrected chi connectivity index (χ2v) is 6.79. The highest BCUT2D eigenvalue weighted by atomic mass is 19.4. The zero-order valence-electron chi connectivity index (χ0n) is 17.7. The van der Waals surface area contributed by atoms with Crippen molar-refractivity contribution in [2.45, 2.75) is 12.6 Å². The molecule has 2 heterocycles. The molecule has 3 N–H and O–H groups in total. The van der Waals surface area contributed by atoms with Gasteiger partial charge in [0.05, 0.1) is 30.3 Å². The standard InChI is InChI=1S/C22H20F3N5O3/c1-26-21(32)15-4-3-9-27-20(15)29-17-11-18(28-12-16(17)22(23,24)25)30-19(31)10-13-5-7-14(33-2)8-6-13/h3-9,11-12H,10H2,1-2H3,(H,26,32)(H2,27,28,29,30,31). The molecule has 11 heteroatoms. The number of carbonyl (C=O) groups is 2. The summed E-state index contributed by atoms with van der Waals surface area (Å²) in [5, 5.41) is 7.43. The molecule has 0 aliphatic heterocycles. The van der Waals surface area contributed by atoms with Gasteiger partial charge in [-0.3, -0.25) is 9.59 Å². The number of hydrogen-bond donors (Lipinski definition) is 3. The van der Waals surface area contributed by atoms with Crippen LogP contribution in [0.1, 0.15) is 21.5 Å². The molecule has 0 aliphatic rings. The van der Waals surface area contributed by atoms with E-state index in [1.165, 1.54) is 32.5 Å². The van der Waals surface area contributed by atoms with Crippen LogP contribution in [0, 0.1) is 0 Å². The van der Waals surface area contributed by atoms with Crippen LogP contribution in [-0.2, 0) is 17.4 Å². The van der Waals surface area contributed by atoms with Crippen molar-refractivity contribution >= 4 is 29.1 Å². The van der Waals surface area contributed by atoms with Crippen molar-refractivity contribution in [3.63, 3.8) is 0 Å². The van der Waals surface area contributed by atoms with Crippen LogP contribution in [-0.4, -0.2) is 35.9 Å². The molecule has 0 fully saturated rings. The van der Waals surface area contributed by atoms with Crippen molar-refractivity contribution in [3.05, 3.63) is 71.5 Å². The first-order valence-electron chi connectivity index (χ1n) is 9.65. The smallest absolute Gasteiger partial charge is 0.419 e. The lowest BCUT2D eigenvalue weighted by molar-refractivity contribution is -0.137. The maximum atomic E-state index is 13.5. The summed E-state index contributed by atoms with van der Waals surface area (Å²) in [5.74, 6) is -0.543. The van der Waals surface area contributed by atoms with E-state index in [0.29, 0.717) is 17.5 Å². The largest absolute Gasteiger partial charge is 0.497 e. The summed E-state index contributed by atoms with van der Waals surface area (Å²) in [5.41, 5.74) is -0.762. The maximum Gasteiger partial charge on any atom is 0.419 e. The lowest BCUT2D eigenvalue weighted by Gasteiger charge is -2.16. The van der Waals surface area contributed by atoms with Gasteiger partial charge in [-0.05, 0) is 29.8 Å². The van der Waals surface area contributed by atoms with Gasteiger partial charge in [0, 0.05) is 25.5 Å². The first-order valence-corrected chi connectivity index (χ1v) is 9.65. The number of aromatic nitrogens is 2. The van der Waals surface area contributed by atoms with E-state index in [4.69, 9.17) is 4.74 Å². The Morgan fingerprint density at radius 3 is 2.45 bits per heavy atom. The van der Waals surface area contributed by atoms with Gasteiger partial charge in [-0.2, -0.15) is 13.2 Å². The molecule has 33 heavy (non-hydrogen) atoms. The number of carbonyl (C=O) groups excluding carboxylic acids is 2. The Bertz CT molecular complexity index is 1150. The van der Waals surface area contributed by atoms with E-state index in [2.05, 4.69) is 25.9 Å². The number of alkyl halides is 3. The summed E-state index contributed by atoms with van der Waals surface area (Å²) >= 11 is 0. The van der Waals surface area contributed by atoms with Gasteiger partial charge in [-0.1, -0.05) is 12.1 Å². The molecule has 2 aromatic heterocycles. The van der Waals surface area contributed by atoms with Crippen LogP contribution >= 0.6 is 0 Å². The van der Waals surface area contributed by atoms with Crippen LogP contribution in [0.4, 0.5) is 30.5 Å². The lowest BCUT2D eigenvalue weighted by atomic mass is 10.1. The van der Waals surface area contributed by atoms with Crippen LogP contribution in [0.2, 0.25) is 0 Å². The molecule has 0 unspecified atom stereocenters. The number of nitrogens with zero attached hydrogens (tertiary/aromatic N) is 2. The van der Waals surface area contributed by atoms with E-state index >= 15 is 0 Å². The fourth-order valence-electron chi connectivity index (χ4n) is 2.92. The number of anilines is 3. The van der Waals surface area contributed by atoms with E-state index in [1.54, 1.807) is 24.3 Å². The Labute approximate surface area is 187 Å². The number of rotatable bonds is 7. The van der Waals surface area contributed by atoms with E-state index < -0.39 is 29.2 Å². The first kappa shape index (κ1) is 23.5. The second kappa shape index (κ2) is 9.98. The lowest BCUT2D eigenvalue weighted by Crippen LogP contribution is -2.20. The van der Waals surface area contributed by atoms with Crippen molar-refractivity contribution in [2.75, 3.05) is 24.8 Å². The molecule has 172 valence electrons. The van der Waals surface area contributed by atoms with Crippen molar-refractivity contribution in [2.24, 2.45) is 0 Å². The first-order chi connectivity index (χ1) is 15.7. The molecule has 1 aromatic carbocycles. The van der Waals surface area contributed by atoms with Gasteiger partial charge >= 0.3 is 6.18 Å². The van der Waals surface area contributed by atoms with Crippen LogP contribution in [0.3, 0.4) is 0 Å². The molecule has 2 amide bonds. The van der Waals surface area contributed by atoms with Gasteiger partial charge in [0.15, 0.2) is 0 Å². The number of pyridine rings is 2. The number of ether oxygens (including phenoxy) is 1. The maximum absolute atomic E-state index is 13.5. The zero-order chi connectivity index (χ0) is 24.0. The average Bonchev–Trinajstić information content (AvgIpc) is 2.78. The van der Waals surface area contributed by atoms with Gasteiger partial charge in [0.1, 0.15) is 17.4 Å². The molecule has 3 aromatic rings. The minimum Gasteiger partial charge on any atom is -0.497 e. The Hall–Kier alpha value is -4.15. The van der Waals surface area contributed by atoms with E-state index in [9.17, 15) is 22.8 Å². The highest BCUT2D eigenvalue weighted by molar-refractivity contribution is 5.99. The molecule has 0 saturated heterocycles. The molecule has 0 atom stereocenters. The van der Waals surface area contributed by atoms with Crippen molar-refractivity contribution < 1.29 is 27.5 Å². The van der Waals surface area contributed by atoms with Gasteiger partial charge in [-0.15, -0.1) is 0 Å². The minimum atomic E-state index is -4.73. The molecule has 0 radical (unpaired) electrons. The van der Waals surface area contributed by atoms with Gasteiger partial charge < -0.3 is 20.7 Å². The minimum absolute atomic E-state index is 0.0173. The zero-order valence-corrected chi connectivity index (χ0v) is 17.7. The quantitative estimate of drug-likeness (QED) is 0.497.